The van der Waals surface area contributed by atoms with Crippen LogP contribution in [0.15, 0.2) is 66.0 Å². The number of nitrogens with one attached hydrogen (secondary N) is 2. The first kappa shape index (κ1) is 32.1. The number of nitrogens with zero attached hydrogens (tertiary/aromatic N) is 1. The minimum Gasteiger partial charge on any atom is -0.366 e. The van der Waals surface area contributed by atoms with Crippen LogP contribution in [0.5, 0.6) is 0 Å². The number of aromatic nitrogens is 1. The third kappa shape index (κ3) is 7.56. The van der Waals surface area contributed by atoms with Gasteiger partial charge in [-0.1, -0.05) is 12.1 Å². The number of hydrogen-bond donors (Lipinski definition) is 4. The summed E-state index contributed by atoms with van der Waals surface area (Å²) in [7, 11) is 0. The van der Waals surface area contributed by atoms with Gasteiger partial charge in [0, 0.05) is 30.7 Å². The number of carbonyl (C=O) groups is 3. The Hall–Kier alpha value is -4.85. The number of carbonyl (C=O) groups excluding carboxylic acids is 3. The maximum absolute atomic E-state index is 14.2. The lowest BCUT2D eigenvalue weighted by Gasteiger charge is -2.22. The number of rotatable bonds is 10. The Labute approximate surface area is 246 Å². The number of quaternary nitrogens is 1. The lowest BCUT2D eigenvalue weighted by Crippen LogP contribution is -2.85. The monoisotopic (exact) mass is 618 g/mol. The molecule has 3 aromatic rings. The number of Topliss-reactive ketones (excluding diaryl/α,β-unsaturated/α-hetero) is 1. The van der Waals surface area contributed by atoms with E-state index in [4.69, 9.17) is 11.1 Å². The Kier molecular flexibility index (Phi) is 9.62. The third-order valence-electron chi connectivity index (χ3n) is 6.93. The van der Waals surface area contributed by atoms with Gasteiger partial charge < -0.3 is 16.4 Å². The van der Waals surface area contributed by atoms with Gasteiger partial charge in [0.1, 0.15) is 28.7 Å². The van der Waals surface area contributed by atoms with Crippen molar-refractivity contribution in [2.75, 3.05) is 6.54 Å². The van der Waals surface area contributed by atoms with E-state index in [0.29, 0.717) is 17.2 Å². The molecule has 230 valence electrons. The molecule has 2 amide bonds. The number of benzene rings is 2. The van der Waals surface area contributed by atoms with E-state index in [9.17, 15) is 40.7 Å². The second-order valence-corrected chi connectivity index (χ2v) is 10.1. The standard InChI is InChI=1S/C30H25F6N5O3/c31-17-9-15(10-18(32)13-17)11-23(27-19(3-2-8-39-27)16-6-7-21(33)20(12-16)29(38)44)41-25(43)14-40-22-4-1-5-24(42)26(22)28(37)30(34,35)36/h2-3,6-10,12-13,23,37,40H,1,4-5,11,14H2,(H2,38,44)(H,41,43)/p+1/t23-/m0/s1. The summed E-state index contributed by atoms with van der Waals surface area (Å²) < 4.78 is 82.0. The van der Waals surface area contributed by atoms with Gasteiger partial charge in [0.05, 0.1) is 17.3 Å². The maximum Gasteiger partial charge on any atom is 0.433 e. The fourth-order valence-corrected chi connectivity index (χ4v) is 4.98. The van der Waals surface area contributed by atoms with Gasteiger partial charge in [0.25, 0.3) is 11.8 Å². The molecule has 14 heteroatoms. The minimum absolute atomic E-state index is 0.0516. The van der Waals surface area contributed by atoms with Gasteiger partial charge in [-0.2, -0.15) is 13.2 Å². The van der Waals surface area contributed by atoms with Crippen molar-refractivity contribution >= 4 is 23.3 Å². The van der Waals surface area contributed by atoms with E-state index in [-0.39, 0.29) is 42.6 Å². The van der Waals surface area contributed by atoms with Crippen LogP contribution in [0.2, 0.25) is 0 Å². The average molecular weight is 619 g/mol. The molecule has 0 spiro atoms. The molecule has 1 atom stereocenters. The Bertz CT molecular complexity index is 1650. The largest absolute Gasteiger partial charge is 0.433 e. The number of amides is 2. The quantitative estimate of drug-likeness (QED) is 0.203. The van der Waals surface area contributed by atoms with Gasteiger partial charge in [-0.3, -0.25) is 24.8 Å². The fraction of sp³-hybridized carbons (Fsp3) is 0.233. The number of alkyl halides is 3. The summed E-state index contributed by atoms with van der Waals surface area (Å²) in [6, 6.07) is 8.34. The van der Waals surface area contributed by atoms with Gasteiger partial charge in [0.2, 0.25) is 0 Å². The van der Waals surface area contributed by atoms with Crippen molar-refractivity contribution in [1.29, 1.82) is 5.41 Å². The average Bonchev–Trinajstić information content (AvgIpc) is 2.94. The van der Waals surface area contributed by atoms with Crippen molar-refractivity contribution in [3.05, 3.63) is 100 Å². The SMILES string of the molecule is N=C(C1=C([NH2+]CC(=O)N[C@@H](Cc2cc(F)cc(F)c2)c2ncccc2-c2ccc(F)c(C(N)=O)c2)CCCC1=O)C(F)(F)F. The number of halogens is 6. The first-order valence-electron chi connectivity index (χ1n) is 13.3. The molecule has 1 heterocycles. The number of hydrogen-bond acceptors (Lipinski definition) is 5. The molecule has 1 aliphatic rings. The Morgan fingerprint density at radius 3 is 2.41 bits per heavy atom. The van der Waals surface area contributed by atoms with Crippen molar-refractivity contribution in [2.45, 2.75) is 37.9 Å². The lowest BCUT2D eigenvalue weighted by molar-refractivity contribution is -0.597. The molecular weight excluding hydrogens is 592 g/mol. The molecule has 0 unspecified atom stereocenters. The second-order valence-electron chi connectivity index (χ2n) is 10.1. The molecule has 44 heavy (non-hydrogen) atoms. The molecule has 0 aliphatic heterocycles. The molecule has 6 N–H and O–H groups in total. The Balaban J connectivity index is 1.68. The molecule has 0 saturated heterocycles. The van der Waals surface area contributed by atoms with Crippen LogP contribution >= 0.6 is 0 Å². The van der Waals surface area contributed by atoms with Crippen LogP contribution in [0.1, 0.15) is 46.9 Å². The van der Waals surface area contributed by atoms with Gasteiger partial charge >= 0.3 is 6.18 Å². The van der Waals surface area contributed by atoms with E-state index < -0.39 is 70.7 Å². The molecule has 0 radical (unpaired) electrons. The summed E-state index contributed by atoms with van der Waals surface area (Å²) in [5.74, 6) is -5.22. The Morgan fingerprint density at radius 1 is 1.05 bits per heavy atom. The van der Waals surface area contributed by atoms with Crippen LogP contribution in [-0.2, 0) is 16.0 Å². The summed E-state index contributed by atoms with van der Waals surface area (Å²) in [5, 5.41) is 11.3. The number of ketones is 1. The summed E-state index contributed by atoms with van der Waals surface area (Å²) in [6.07, 6.45) is -3.74. The fourth-order valence-electron chi connectivity index (χ4n) is 4.98. The smallest absolute Gasteiger partial charge is 0.366 e. The lowest BCUT2D eigenvalue weighted by atomic mass is 9.91. The Morgan fingerprint density at radius 2 is 1.75 bits per heavy atom. The zero-order valence-electron chi connectivity index (χ0n) is 22.9. The topological polar surface area (TPSA) is 143 Å². The summed E-state index contributed by atoms with van der Waals surface area (Å²) in [4.78, 5) is 41.5. The van der Waals surface area contributed by atoms with Crippen molar-refractivity contribution < 1.29 is 46.0 Å². The predicted molar refractivity (Wildman–Crippen MR) is 146 cm³/mol. The van der Waals surface area contributed by atoms with E-state index in [0.717, 1.165) is 23.5 Å². The molecule has 0 bridgehead atoms. The minimum atomic E-state index is -5.06. The molecule has 4 rings (SSSR count). The van der Waals surface area contributed by atoms with Crippen molar-refractivity contribution in [3.8, 4) is 11.1 Å². The number of pyridine rings is 1. The van der Waals surface area contributed by atoms with E-state index in [1.807, 2.05) is 0 Å². The van der Waals surface area contributed by atoms with Crippen LogP contribution in [0.4, 0.5) is 26.3 Å². The van der Waals surface area contributed by atoms with Crippen LogP contribution in [0, 0.1) is 22.9 Å². The van der Waals surface area contributed by atoms with Gasteiger partial charge in [-0.05, 0) is 54.3 Å². The van der Waals surface area contributed by atoms with Gasteiger partial charge in [-0.15, -0.1) is 0 Å². The third-order valence-corrected chi connectivity index (χ3v) is 6.93. The molecule has 8 nitrogen and oxygen atoms in total. The predicted octanol–water partition coefficient (Wildman–Crippen LogP) is 3.82. The highest BCUT2D eigenvalue weighted by Gasteiger charge is 2.42. The molecule has 2 aromatic carbocycles. The van der Waals surface area contributed by atoms with Crippen molar-refractivity contribution in [2.24, 2.45) is 5.73 Å². The first-order valence-corrected chi connectivity index (χ1v) is 13.3. The van der Waals surface area contributed by atoms with Gasteiger partial charge in [-0.25, -0.2) is 13.2 Å². The molecular formula is C30H26F6N5O3+. The van der Waals surface area contributed by atoms with E-state index in [2.05, 4.69) is 10.3 Å². The van der Waals surface area contributed by atoms with Crippen LogP contribution < -0.4 is 16.4 Å². The van der Waals surface area contributed by atoms with Crippen molar-refractivity contribution in [3.63, 3.8) is 0 Å². The highest BCUT2D eigenvalue weighted by atomic mass is 19.4. The zero-order valence-corrected chi connectivity index (χ0v) is 22.9. The molecule has 0 fully saturated rings. The van der Waals surface area contributed by atoms with E-state index in [1.165, 1.54) is 24.4 Å². The molecule has 1 aliphatic carbocycles. The summed E-state index contributed by atoms with van der Waals surface area (Å²) in [5.41, 5.74) is 3.15. The maximum atomic E-state index is 14.2. The first-order chi connectivity index (χ1) is 20.7. The highest BCUT2D eigenvalue weighted by molar-refractivity contribution is 6.23. The molecule has 1 aromatic heterocycles. The zero-order chi connectivity index (χ0) is 32.2. The number of primary amides is 1. The number of allylic oxidation sites excluding steroid dienone is 2. The summed E-state index contributed by atoms with van der Waals surface area (Å²) >= 11 is 0. The van der Waals surface area contributed by atoms with Crippen LogP contribution in [0.3, 0.4) is 0 Å². The molecule has 0 saturated carbocycles. The van der Waals surface area contributed by atoms with E-state index in [1.54, 1.807) is 6.07 Å². The normalized spacial score (nSPS) is 14.4. The summed E-state index contributed by atoms with van der Waals surface area (Å²) in [6.45, 7) is -0.490. The number of nitrogens with two attached hydrogens (primary N) is 2. The van der Waals surface area contributed by atoms with E-state index >= 15 is 0 Å². The van der Waals surface area contributed by atoms with Gasteiger partial charge in [0.15, 0.2) is 18.0 Å². The highest BCUT2D eigenvalue weighted by Crippen LogP contribution is 2.31. The van der Waals surface area contributed by atoms with Crippen LogP contribution in [-0.4, -0.2) is 41.0 Å². The van der Waals surface area contributed by atoms with Crippen molar-refractivity contribution in [1.82, 2.24) is 10.3 Å². The second kappa shape index (κ2) is 13.2. The van der Waals surface area contributed by atoms with Crippen LogP contribution in [0.25, 0.3) is 11.1 Å².